The lowest BCUT2D eigenvalue weighted by Gasteiger charge is -2.09. The van der Waals surface area contributed by atoms with Crippen LogP contribution in [0.2, 0.25) is 15.1 Å². The zero-order valence-electron chi connectivity index (χ0n) is 9.74. The van der Waals surface area contributed by atoms with Crippen LogP contribution in [0.1, 0.15) is 6.92 Å². The van der Waals surface area contributed by atoms with Gasteiger partial charge in [0, 0.05) is 0 Å². The normalized spacial score (nSPS) is 11.4. The van der Waals surface area contributed by atoms with Crippen molar-refractivity contribution in [2.45, 2.75) is 11.8 Å². The quantitative estimate of drug-likeness (QED) is 0.657. The largest absolute Gasteiger partial charge is 0.465 e. The van der Waals surface area contributed by atoms with Crippen LogP contribution < -0.4 is 4.72 Å². The molecule has 0 bridgehead atoms. The molecule has 0 saturated heterocycles. The molecule has 0 saturated carbocycles. The predicted molar refractivity (Wildman–Crippen MR) is 73.3 cm³/mol. The molecule has 0 atom stereocenters. The molecule has 19 heavy (non-hydrogen) atoms. The lowest BCUT2D eigenvalue weighted by molar-refractivity contribution is -0.141. The number of sulfonamides is 1. The minimum absolute atomic E-state index is 0.0441. The lowest BCUT2D eigenvalue weighted by Crippen LogP contribution is -2.30. The Balaban J connectivity index is 2.95. The maximum absolute atomic E-state index is 11.9. The maximum Gasteiger partial charge on any atom is 0.321 e. The van der Waals surface area contributed by atoms with Crippen LogP contribution in [0.15, 0.2) is 17.0 Å². The summed E-state index contributed by atoms with van der Waals surface area (Å²) in [7, 11) is -3.97. The van der Waals surface area contributed by atoms with Gasteiger partial charge in [-0.05, 0) is 19.1 Å². The molecule has 1 rings (SSSR count). The lowest BCUT2D eigenvalue weighted by atomic mass is 10.4. The third-order valence-electron chi connectivity index (χ3n) is 1.98. The first kappa shape index (κ1) is 16.5. The molecule has 0 aliphatic heterocycles. The van der Waals surface area contributed by atoms with Crippen molar-refractivity contribution in [3.8, 4) is 0 Å². The molecule has 0 aliphatic rings. The summed E-state index contributed by atoms with van der Waals surface area (Å²) in [6.07, 6.45) is 0. The molecule has 9 heteroatoms. The van der Waals surface area contributed by atoms with Crippen molar-refractivity contribution in [1.29, 1.82) is 0 Å². The minimum Gasteiger partial charge on any atom is -0.465 e. The standard InChI is InChI=1S/C10H10Cl3NO4S/c1-2-18-10(15)5-14-19(16,17)9-4-7(12)6(11)3-8(9)13/h3-4,14H,2,5H2,1H3. The van der Waals surface area contributed by atoms with Crippen LogP contribution >= 0.6 is 34.8 Å². The number of ether oxygens (including phenoxy) is 1. The Morgan fingerprint density at radius 2 is 1.79 bits per heavy atom. The number of esters is 1. The number of hydrogen-bond acceptors (Lipinski definition) is 4. The van der Waals surface area contributed by atoms with Crippen LogP contribution in [-0.4, -0.2) is 27.5 Å². The molecule has 106 valence electrons. The van der Waals surface area contributed by atoms with E-state index in [4.69, 9.17) is 34.8 Å². The molecule has 1 aromatic carbocycles. The Morgan fingerprint density at radius 1 is 1.21 bits per heavy atom. The zero-order chi connectivity index (χ0) is 14.6. The van der Waals surface area contributed by atoms with E-state index < -0.39 is 22.5 Å². The highest BCUT2D eigenvalue weighted by molar-refractivity contribution is 7.89. The SMILES string of the molecule is CCOC(=O)CNS(=O)(=O)c1cc(Cl)c(Cl)cc1Cl. The van der Waals surface area contributed by atoms with Crippen molar-refractivity contribution in [3.63, 3.8) is 0 Å². The molecule has 0 radical (unpaired) electrons. The second-order valence-corrected chi connectivity index (χ2v) is 6.28. The van der Waals surface area contributed by atoms with Crippen molar-refractivity contribution in [3.05, 3.63) is 27.2 Å². The number of rotatable bonds is 5. The highest BCUT2D eigenvalue weighted by Gasteiger charge is 2.21. The van der Waals surface area contributed by atoms with E-state index in [0.717, 1.165) is 6.07 Å². The molecule has 1 aromatic rings. The second-order valence-electron chi connectivity index (χ2n) is 3.33. The molecule has 0 fully saturated rings. The van der Waals surface area contributed by atoms with Crippen LogP contribution in [0.3, 0.4) is 0 Å². The van der Waals surface area contributed by atoms with Crippen molar-refractivity contribution in [2.24, 2.45) is 0 Å². The Hall–Kier alpha value is -0.530. The van der Waals surface area contributed by atoms with Crippen molar-refractivity contribution in [2.75, 3.05) is 13.2 Å². The van der Waals surface area contributed by atoms with E-state index >= 15 is 0 Å². The summed E-state index contributed by atoms with van der Waals surface area (Å²) in [6, 6.07) is 2.32. The van der Waals surface area contributed by atoms with Gasteiger partial charge in [-0.3, -0.25) is 4.79 Å². The van der Waals surface area contributed by atoms with Crippen LogP contribution in [0.5, 0.6) is 0 Å². The summed E-state index contributed by atoms with van der Waals surface area (Å²) in [4.78, 5) is 10.8. The van der Waals surface area contributed by atoms with Gasteiger partial charge in [0.15, 0.2) is 0 Å². The van der Waals surface area contributed by atoms with Crippen LogP contribution in [-0.2, 0) is 19.6 Å². The topological polar surface area (TPSA) is 72.5 Å². The molecular formula is C10H10Cl3NO4S. The predicted octanol–water partition coefficient (Wildman–Crippen LogP) is 2.49. The average molecular weight is 347 g/mol. The molecule has 0 unspecified atom stereocenters. The molecule has 1 N–H and O–H groups in total. The highest BCUT2D eigenvalue weighted by atomic mass is 35.5. The Bertz CT molecular complexity index is 589. The summed E-state index contributed by atoms with van der Waals surface area (Å²) >= 11 is 17.2. The number of carbonyl (C=O) groups excluding carboxylic acids is 1. The van der Waals surface area contributed by atoms with Crippen LogP contribution in [0, 0.1) is 0 Å². The van der Waals surface area contributed by atoms with Gasteiger partial charge < -0.3 is 4.74 Å². The molecule has 0 amide bonds. The number of halogens is 3. The first-order chi connectivity index (χ1) is 8.77. The van der Waals surface area contributed by atoms with Crippen molar-refractivity contribution in [1.82, 2.24) is 4.72 Å². The first-order valence-corrected chi connectivity index (χ1v) is 7.69. The average Bonchev–Trinajstić information content (AvgIpc) is 2.31. The van der Waals surface area contributed by atoms with Crippen molar-refractivity contribution >= 4 is 50.8 Å². The van der Waals surface area contributed by atoms with Gasteiger partial charge in [-0.1, -0.05) is 34.8 Å². The van der Waals surface area contributed by atoms with Gasteiger partial charge in [0.25, 0.3) is 0 Å². The summed E-state index contributed by atoms with van der Waals surface area (Å²) in [5.74, 6) is -0.692. The van der Waals surface area contributed by atoms with E-state index in [9.17, 15) is 13.2 Å². The smallest absolute Gasteiger partial charge is 0.321 e. The van der Waals surface area contributed by atoms with Gasteiger partial charge in [-0.25, -0.2) is 8.42 Å². The molecule has 0 aliphatic carbocycles. The van der Waals surface area contributed by atoms with Crippen LogP contribution in [0.4, 0.5) is 0 Å². The molecular weight excluding hydrogens is 337 g/mol. The summed E-state index contributed by atoms with van der Waals surface area (Å²) in [6.45, 7) is 1.28. The summed E-state index contributed by atoms with van der Waals surface area (Å²) in [5, 5.41) is 0.0874. The number of nitrogens with one attached hydrogen (secondary N) is 1. The summed E-state index contributed by atoms with van der Waals surface area (Å²) < 4.78 is 30.5. The zero-order valence-corrected chi connectivity index (χ0v) is 12.8. The Kier molecular flexibility index (Phi) is 5.88. The number of benzene rings is 1. The molecule has 0 spiro atoms. The third-order valence-corrected chi connectivity index (χ3v) is 4.56. The number of carbonyl (C=O) groups is 1. The van der Waals surface area contributed by atoms with Gasteiger partial charge in [0.05, 0.1) is 21.7 Å². The van der Waals surface area contributed by atoms with E-state index in [1.54, 1.807) is 6.92 Å². The molecule has 5 nitrogen and oxygen atoms in total. The first-order valence-electron chi connectivity index (χ1n) is 5.07. The van der Waals surface area contributed by atoms with Gasteiger partial charge in [0.2, 0.25) is 10.0 Å². The second kappa shape index (κ2) is 6.76. The third kappa shape index (κ3) is 4.50. The fourth-order valence-electron chi connectivity index (χ4n) is 1.15. The fourth-order valence-corrected chi connectivity index (χ4v) is 3.12. The van der Waals surface area contributed by atoms with E-state index in [1.807, 2.05) is 0 Å². The highest BCUT2D eigenvalue weighted by Crippen LogP contribution is 2.31. The monoisotopic (exact) mass is 345 g/mol. The number of hydrogen-bond donors (Lipinski definition) is 1. The van der Waals surface area contributed by atoms with Gasteiger partial charge in [-0.2, -0.15) is 4.72 Å². The van der Waals surface area contributed by atoms with E-state index in [1.165, 1.54) is 6.07 Å². The Labute approximate surface area is 125 Å². The minimum atomic E-state index is -3.97. The van der Waals surface area contributed by atoms with E-state index in [0.29, 0.717) is 0 Å². The van der Waals surface area contributed by atoms with Gasteiger partial charge >= 0.3 is 5.97 Å². The fraction of sp³-hybridized carbons (Fsp3) is 0.300. The van der Waals surface area contributed by atoms with Crippen molar-refractivity contribution < 1.29 is 17.9 Å². The van der Waals surface area contributed by atoms with Gasteiger partial charge in [0.1, 0.15) is 11.4 Å². The maximum atomic E-state index is 11.9. The Morgan fingerprint density at radius 3 is 2.37 bits per heavy atom. The molecule has 0 heterocycles. The molecule has 0 aromatic heterocycles. The van der Waals surface area contributed by atoms with E-state index in [-0.39, 0.29) is 26.6 Å². The van der Waals surface area contributed by atoms with E-state index in [2.05, 4.69) is 9.46 Å². The van der Waals surface area contributed by atoms with Crippen LogP contribution in [0.25, 0.3) is 0 Å². The summed E-state index contributed by atoms with van der Waals surface area (Å²) in [5.41, 5.74) is 0. The van der Waals surface area contributed by atoms with Gasteiger partial charge in [-0.15, -0.1) is 0 Å².